The second-order valence-electron chi connectivity index (χ2n) is 8.17. The average molecular weight is 387 g/mol. The van der Waals surface area contributed by atoms with Gasteiger partial charge in [0.05, 0.1) is 18.8 Å². The zero-order chi connectivity index (χ0) is 19.6. The van der Waals surface area contributed by atoms with Crippen LogP contribution in [0.15, 0.2) is 0 Å². The molecule has 1 heterocycles. The van der Waals surface area contributed by atoms with Crippen LogP contribution < -0.4 is 0 Å². The van der Waals surface area contributed by atoms with E-state index in [9.17, 15) is 5.11 Å². The summed E-state index contributed by atoms with van der Waals surface area (Å²) in [5.41, 5.74) is 0. The third-order valence-electron chi connectivity index (χ3n) is 5.66. The zero-order valence-corrected chi connectivity index (χ0v) is 18.1. The Hall–Kier alpha value is -0.160. The fourth-order valence-electron chi connectivity index (χ4n) is 3.86. The number of methoxy groups -OCH3 is 1. The Labute approximate surface area is 168 Å². The number of rotatable bonds is 18. The van der Waals surface area contributed by atoms with E-state index in [4.69, 9.17) is 14.2 Å². The highest BCUT2D eigenvalue weighted by molar-refractivity contribution is 4.73. The van der Waals surface area contributed by atoms with Gasteiger partial charge in [-0.25, -0.2) is 0 Å². The second kappa shape index (κ2) is 17.9. The molecule has 0 amide bonds. The molecule has 4 heteroatoms. The molecule has 1 saturated heterocycles. The third-order valence-corrected chi connectivity index (χ3v) is 5.66. The topological polar surface area (TPSA) is 47.9 Å². The summed E-state index contributed by atoms with van der Waals surface area (Å²) in [5.74, 6) is 0. The van der Waals surface area contributed by atoms with Crippen LogP contribution >= 0.6 is 0 Å². The molecule has 0 radical (unpaired) electrons. The van der Waals surface area contributed by atoms with Crippen molar-refractivity contribution in [1.82, 2.24) is 0 Å². The van der Waals surface area contributed by atoms with Gasteiger partial charge < -0.3 is 19.3 Å². The summed E-state index contributed by atoms with van der Waals surface area (Å²) in [7, 11) is 1.72. The van der Waals surface area contributed by atoms with Crippen molar-refractivity contribution in [2.45, 2.75) is 128 Å². The Morgan fingerprint density at radius 1 is 0.778 bits per heavy atom. The van der Waals surface area contributed by atoms with Crippen LogP contribution in [0.25, 0.3) is 0 Å². The van der Waals surface area contributed by atoms with Gasteiger partial charge in [0.15, 0.2) is 6.29 Å². The third kappa shape index (κ3) is 13.6. The van der Waals surface area contributed by atoms with Crippen molar-refractivity contribution in [2.75, 3.05) is 20.3 Å². The smallest absolute Gasteiger partial charge is 0.160 e. The van der Waals surface area contributed by atoms with Crippen molar-refractivity contribution < 1.29 is 19.3 Å². The number of hydrogen-bond acceptors (Lipinski definition) is 4. The highest BCUT2D eigenvalue weighted by atomic mass is 16.7. The summed E-state index contributed by atoms with van der Waals surface area (Å²) < 4.78 is 17.0. The van der Waals surface area contributed by atoms with E-state index < -0.39 is 0 Å². The van der Waals surface area contributed by atoms with Gasteiger partial charge in [0.2, 0.25) is 0 Å². The summed E-state index contributed by atoms with van der Waals surface area (Å²) in [5, 5.41) is 9.29. The fourth-order valence-corrected chi connectivity index (χ4v) is 3.86. The predicted octanol–water partition coefficient (Wildman–Crippen LogP) is 6.00. The lowest BCUT2D eigenvalue weighted by atomic mass is 10.0. The molecular formula is C23H46O4. The quantitative estimate of drug-likeness (QED) is 0.294. The van der Waals surface area contributed by atoms with E-state index in [1.54, 1.807) is 7.11 Å². The Morgan fingerprint density at radius 3 is 1.78 bits per heavy atom. The average Bonchev–Trinajstić information content (AvgIpc) is 2.70. The van der Waals surface area contributed by atoms with Gasteiger partial charge in [-0.15, -0.1) is 0 Å². The largest absolute Gasteiger partial charge is 0.394 e. The number of ether oxygens (including phenoxy) is 3. The first kappa shape index (κ1) is 24.9. The van der Waals surface area contributed by atoms with Gasteiger partial charge in [0.25, 0.3) is 0 Å². The van der Waals surface area contributed by atoms with E-state index in [0.717, 1.165) is 25.9 Å². The van der Waals surface area contributed by atoms with Crippen LogP contribution in [-0.2, 0) is 14.2 Å². The molecule has 0 aromatic carbocycles. The van der Waals surface area contributed by atoms with E-state index in [0.29, 0.717) is 0 Å². The van der Waals surface area contributed by atoms with Crippen LogP contribution in [-0.4, -0.2) is 43.9 Å². The van der Waals surface area contributed by atoms with Crippen molar-refractivity contribution in [1.29, 1.82) is 0 Å². The first-order chi connectivity index (χ1) is 13.3. The van der Waals surface area contributed by atoms with Crippen LogP contribution in [0.5, 0.6) is 0 Å². The number of hydrogen-bond donors (Lipinski definition) is 1. The fraction of sp³-hybridized carbons (Fsp3) is 1.00. The molecule has 1 aliphatic rings. The minimum Gasteiger partial charge on any atom is -0.394 e. The van der Waals surface area contributed by atoms with E-state index in [1.165, 1.54) is 83.5 Å². The van der Waals surface area contributed by atoms with Gasteiger partial charge in [-0.3, -0.25) is 0 Å². The van der Waals surface area contributed by atoms with Gasteiger partial charge in [0.1, 0.15) is 0 Å². The van der Waals surface area contributed by atoms with Crippen LogP contribution in [0.2, 0.25) is 0 Å². The minimum absolute atomic E-state index is 0.0403. The van der Waals surface area contributed by atoms with E-state index in [2.05, 4.69) is 6.92 Å². The summed E-state index contributed by atoms with van der Waals surface area (Å²) >= 11 is 0. The molecule has 0 aliphatic carbocycles. The zero-order valence-electron chi connectivity index (χ0n) is 18.1. The second-order valence-corrected chi connectivity index (χ2v) is 8.17. The molecule has 0 aromatic rings. The maximum Gasteiger partial charge on any atom is 0.160 e. The molecule has 0 spiro atoms. The molecule has 1 fully saturated rings. The summed E-state index contributed by atoms with van der Waals surface area (Å²) in [6, 6.07) is 0. The van der Waals surface area contributed by atoms with Crippen LogP contribution in [0.1, 0.15) is 110 Å². The van der Waals surface area contributed by atoms with Crippen molar-refractivity contribution in [3.63, 3.8) is 0 Å². The molecule has 0 saturated carbocycles. The number of aliphatic hydroxyl groups is 1. The molecule has 0 aromatic heterocycles. The summed E-state index contributed by atoms with van der Waals surface area (Å²) in [6.45, 7) is 3.07. The van der Waals surface area contributed by atoms with Crippen molar-refractivity contribution >= 4 is 0 Å². The summed E-state index contributed by atoms with van der Waals surface area (Å²) in [6.07, 6.45) is 20.4. The highest BCUT2D eigenvalue weighted by Gasteiger charge is 2.29. The van der Waals surface area contributed by atoms with Crippen LogP contribution in [0.4, 0.5) is 0 Å². The first-order valence-electron chi connectivity index (χ1n) is 11.7. The van der Waals surface area contributed by atoms with Gasteiger partial charge >= 0.3 is 0 Å². The molecule has 162 valence electrons. The maximum absolute atomic E-state index is 9.29. The van der Waals surface area contributed by atoms with Gasteiger partial charge in [-0.1, -0.05) is 90.4 Å². The van der Waals surface area contributed by atoms with Crippen molar-refractivity contribution in [3.05, 3.63) is 0 Å². The monoisotopic (exact) mass is 386 g/mol. The molecule has 1 rings (SSSR count). The lowest BCUT2D eigenvalue weighted by molar-refractivity contribution is -0.225. The first-order valence-corrected chi connectivity index (χ1v) is 11.7. The summed E-state index contributed by atoms with van der Waals surface area (Å²) in [4.78, 5) is 0. The molecule has 1 aliphatic heterocycles. The van der Waals surface area contributed by atoms with Gasteiger partial charge in [0, 0.05) is 26.6 Å². The lowest BCUT2D eigenvalue weighted by Crippen LogP contribution is -2.39. The molecule has 0 bridgehead atoms. The van der Waals surface area contributed by atoms with Crippen LogP contribution in [0.3, 0.4) is 0 Å². The molecule has 3 unspecified atom stereocenters. The normalized spacial score (nSPS) is 23.0. The molecule has 27 heavy (non-hydrogen) atoms. The van der Waals surface area contributed by atoms with E-state index in [-0.39, 0.29) is 25.1 Å². The maximum atomic E-state index is 9.29. The van der Waals surface area contributed by atoms with Gasteiger partial charge in [-0.05, 0) is 6.42 Å². The lowest BCUT2D eigenvalue weighted by Gasteiger charge is -2.33. The highest BCUT2D eigenvalue weighted by Crippen LogP contribution is 2.22. The van der Waals surface area contributed by atoms with Gasteiger partial charge in [-0.2, -0.15) is 0 Å². The van der Waals surface area contributed by atoms with E-state index >= 15 is 0 Å². The Bertz CT molecular complexity index is 299. The van der Waals surface area contributed by atoms with Crippen molar-refractivity contribution in [3.8, 4) is 0 Å². The predicted molar refractivity (Wildman–Crippen MR) is 112 cm³/mol. The van der Waals surface area contributed by atoms with Crippen molar-refractivity contribution in [2.24, 2.45) is 0 Å². The molecule has 3 atom stereocenters. The number of aliphatic hydroxyl groups excluding tert-OH is 1. The SMILES string of the molecule is CCCCCCCCCCCCCCCCOC1CC(OC)CC(CO)O1. The standard InChI is InChI=1S/C23H46O4/c1-3-4-5-6-7-8-9-10-11-12-13-14-15-16-17-26-23-19-21(25-2)18-22(20-24)27-23/h21-24H,3-20H2,1-2H3. The molecular weight excluding hydrogens is 340 g/mol. The van der Waals surface area contributed by atoms with Crippen LogP contribution in [0, 0.1) is 0 Å². The van der Waals surface area contributed by atoms with E-state index in [1.807, 2.05) is 0 Å². The number of unbranched alkanes of at least 4 members (excludes halogenated alkanes) is 13. The Balaban J connectivity index is 1.82. The Morgan fingerprint density at radius 2 is 1.30 bits per heavy atom. The Kier molecular flexibility index (Phi) is 16.5. The molecule has 1 N–H and O–H groups in total. The molecule has 4 nitrogen and oxygen atoms in total. The minimum atomic E-state index is -0.220.